The predicted molar refractivity (Wildman–Crippen MR) is 79.1 cm³/mol. The number of methoxy groups -OCH3 is 1. The van der Waals surface area contributed by atoms with Gasteiger partial charge in [-0.25, -0.2) is 0 Å². The number of likely N-dealkylation sites (N-methyl/N-ethyl adjacent to an activating group) is 1. The molecule has 1 aromatic heterocycles. The number of ether oxygens (including phenoxy) is 1. The third-order valence-corrected chi connectivity index (χ3v) is 3.18. The fraction of sp³-hybridized carbons (Fsp3) is 0.312. The van der Waals surface area contributed by atoms with Crippen LogP contribution in [0.3, 0.4) is 0 Å². The van der Waals surface area contributed by atoms with Crippen LogP contribution in [0.15, 0.2) is 42.7 Å². The number of benzene rings is 1. The Morgan fingerprint density at radius 3 is 2.50 bits per heavy atom. The van der Waals surface area contributed by atoms with Gasteiger partial charge in [0.05, 0.1) is 13.7 Å². The number of ketones is 1. The number of Topliss-reactive ketones (excluding diaryl/α,β-unsaturated/α-hetero) is 1. The van der Waals surface area contributed by atoms with Crippen molar-refractivity contribution in [2.75, 3.05) is 20.7 Å². The van der Waals surface area contributed by atoms with Gasteiger partial charge in [-0.1, -0.05) is 12.1 Å². The Labute approximate surface area is 119 Å². The number of rotatable bonds is 6. The van der Waals surface area contributed by atoms with Crippen LogP contribution in [0.1, 0.15) is 15.9 Å². The van der Waals surface area contributed by atoms with Crippen LogP contribution < -0.4 is 4.74 Å². The first kappa shape index (κ1) is 14.3. The van der Waals surface area contributed by atoms with Crippen LogP contribution in [-0.4, -0.2) is 36.0 Å². The van der Waals surface area contributed by atoms with Crippen LogP contribution in [-0.2, 0) is 13.6 Å². The average molecular weight is 272 g/mol. The number of carbonyl (C=O) groups is 1. The summed E-state index contributed by atoms with van der Waals surface area (Å²) in [6.45, 7) is 1.15. The van der Waals surface area contributed by atoms with Crippen molar-refractivity contribution in [3.05, 3.63) is 53.9 Å². The molecule has 20 heavy (non-hydrogen) atoms. The lowest BCUT2D eigenvalue weighted by Gasteiger charge is -2.15. The molecule has 0 bridgehead atoms. The summed E-state index contributed by atoms with van der Waals surface area (Å²) in [6, 6.07) is 9.75. The lowest BCUT2D eigenvalue weighted by molar-refractivity contribution is 0.0943. The second-order valence-corrected chi connectivity index (χ2v) is 5.01. The Morgan fingerprint density at radius 1 is 1.25 bits per heavy atom. The molecule has 0 aliphatic heterocycles. The van der Waals surface area contributed by atoms with Gasteiger partial charge >= 0.3 is 0 Å². The van der Waals surface area contributed by atoms with E-state index in [0.29, 0.717) is 6.54 Å². The summed E-state index contributed by atoms with van der Waals surface area (Å²) in [5.74, 6) is 0.985. The highest BCUT2D eigenvalue weighted by Crippen LogP contribution is 2.12. The smallest absolute Gasteiger partial charge is 0.178 e. The van der Waals surface area contributed by atoms with Crippen molar-refractivity contribution in [2.24, 2.45) is 7.05 Å². The van der Waals surface area contributed by atoms with Gasteiger partial charge in [0.15, 0.2) is 5.78 Å². The monoisotopic (exact) mass is 272 g/mol. The summed E-state index contributed by atoms with van der Waals surface area (Å²) in [6.07, 6.45) is 3.74. The third-order valence-electron chi connectivity index (χ3n) is 3.18. The first-order valence-electron chi connectivity index (χ1n) is 6.55. The van der Waals surface area contributed by atoms with E-state index >= 15 is 0 Å². The van der Waals surface area contributed by atoms with E-state index in [2.05, 4.69) is 0 Å². The maximum Gasteiger partial charge on any atom is 0.178 e. The highest BCUT2D eigenvalue weighted by atomic mass is 16.5. The predicted octanol–water partition coefficient (Wildman–Crippen LogP) is 2.35. The molecule has 2 rings (SSSR count). The second-order valence-electron chi connectivity index (χ2n) is 5.01. The van der Waals surface area contributed by atoms with Gasteiger partial charge in [0, 0.05) is 31.5 Å². The van der Waals surface area contributed by atoms with Crippen molar-refractivity contribution in [2.45, 2.75) is 6.54 Å². The molecule has 0 aliphatic carbocycles. The van der Waals surface area contributed by atoms with Gasteiger partial charge in [-0.2, -0.15) is 0 Å². The second kappa shape index (κ2) is 6.39. The van der Waals surface area contributed by atoms with Crippen LogP contribution in [0.25, 0.3) is 0 Å². The molecule has 1 heterocycles. The molecular weight excluding hydrogens is 252 g/mol. The fourth-order valence-corrected chi connectivity index (χ4v) is 2.10. The zero-order valence-electron chi connectivity index (χ0n) is 12.2. The van der Waals surface area contributed by atoms with E-state index in [-0.39, 0.29) is 5.78 Å². The normalized spacial score (nSPS) is 10.8. The molecule has 0 N–H and O–H groups in total. The molecule has 0 radical (unpaired) electrons. The van der Waals surface area contributed by atoms with Crippen LogP contribution in [0.4, 0.5) is 0 Å². The third kappa shape index (κ3) is 3.71. The molecule has 0 aliphatic rings. The molecule has 2 aromatic rings. The Morgan fingerprint density at radius 2 is 1.95 bits per heavy atom. The minimum Gasteiger partial charge on any atom is -0.497 e. The molecule has 0 spiro atoms. The van der Waals surface area contributed by atoms with E-state index in [9.17, 15) is 4.79 Å². The van der Waals surface area contributed by atoms with Crippen molar-refractivity contribution in [3.63, 3.8) is 0 Å². The van der Waals surface area contributed by atoms with E-state index in [1.165, 1.54) is 0 Å². The zero-order chi connectivity index (χ0) is 14.5. The summed E-state index contributed by atoms with van der Waals surface area (Å²) >= 11 is 0. The molecule has 106 valence electrons. The summed E-state index contributed by atoms with van der Waals surface area (Å²) in [5.41, 5.74) is 1.92. The van der Waals surface area contributed by atoms with E-state index in [1.807, 2.05) is 66.3 Å². The highest BCUT2D eigenvalue weighted by molar-refractivity contribution is 5.97. The largest absolute Gasteiger partial charge is 0.497 e. The van der Waals surface area contributed by atoms with Crippen molar-refractivity contribution in [1.82, 2.24) is 9.47 Å². The van der Waals surface area contributed by atoms with Crippen molar-refractivity contribution in [3.8, 4) is 5.75 Å². The average Bonchev–Trinajstić information content (AvgIpc) is 2.86. The van der Waals surface area contributed by atoms with E-state index in [1.54, 1.807) is 7.11 Å². The fourth-order valence-electron chi connectivity index (χ4n) is 2.10. The number of carbonyl (C=O) groups excluding carboxylic acids is 1. The van der Waals surface area contributed by atoms with Gasteiger partial charge in [-0.15, -0.1) is 0 Å². The molecule has 0 fully saturated rings. The molecule has 0 saturated heterocycles. The number of aryl methyl sites for hydroxylation is 1. The summed E-state index contributed by atoms with van der Waals surface area (Å²) < 4.78 is 7.01. The van der Waals surface area contributed by atoms with E-state index in [0.717, 1.165) is 23.4 Å². The Bertz CT molecular complexity index is 572. The molecule has 0 saturated carbocycles. The summed E-state index contributed by atoms with van der Waals surface area (Å²) in [5, 5.41) is 0. The lowest BCUT2D eigenvalue weighted by Crippen LogP contribution is -2.25. The Kier molecular flexibility index (Phi) is 4.58. The summed E-state index contributed by atoms with van der Waals surface area (Å²) in [7, 11) is 5.52. The molecule has 4 nitrogen and oxygen atoms in total. The molecule has 0 atom stereocenters. The van der Waals surface area contributed by atoms with Gasteiger partial charge in [0.25, 0.3) is 0 Å². The van der Waals surface area contributed by atoms with Crippen LogP contribution in [0.2, 0.25) is 0 Å². The lowest BCUT2D eigenvalue weighted by atomic mass is 10.2. The molecule has 0 amide bonds. The summed E-state index contributed by atoms with van der Waals surface area (Å²) in [4.78, 5) is 14.1. The number of nitrogens with zero attached hydrogens (tertiary/aromatic N) is 2. The highest BCUT2D eigenvalue weighted by Gasteiger charge is 2.10. The maximum absolute atomic E-state index is 12.1. The Hall–Kier alpha value is -2.07. The van der Waals surface area contributed by atoms with Crippen LogP contribution in [0, 0.1) is 0 Å². The van der Waals surface area contributed by atoms with Crippen LogP contribution >= 0.6 is 0 Å². The molecular formula is C16H20N2O2. The van der Waals surface area contributed by atoms with Crippen molar-refractivity contribution in [1.29, 1.82) is 0 Å². The number of hydrogen-bond acceptors (Lipinski definition) is 3. The Balaban J connectivity index is 1.91. The molecule has 1 aromatic carbocycles. The molecule has 4 heteroatoms. The van der Waals surface area contributed by atoms with E-state index in [4.69, 9.17) is 4.74 Å². The van der Waals surface area contributed by atoms with Crippen molar-refractivity contribution < 1.29 is 9.53 Å². The SMILES string of the molecule is COc1ccc(CN(C)CC(=O)c2ccn(C)c2)cc1. The first-order valence-corrected chi connectivity index (χ1v) is 6.55. The number of hydrogen-bond donors (Lipinski definition) is 0. The topological polar surface area (TPSA) is 34.5 Å². The van der Waals surface area contributed by atoms with Crippen molar-refractivity contribution >= 4 is 5.78 Å². The maximum atomic E-state index is 12.1. The van der Waals surface area contributed by atoms with Crippen LogP contribution in [0.5, 0.6) is 5.75 Å². The first-order chi connectivity index (χ1) is 9.58. The van der Waals surface area contributed by atoms with Gasteiger partial charge < -0.3 is 9.30 Å². The van der Waals surface area contributed by atoms with Gasteiger partial charge in [0.1, 0.15) is 5.75 Å². The van der Waals surface area contributed by atoms with Gasteiger partial charge in [-0.05, 0) is 30.8 Å². The quantitative estimate of drug-likeness (QED) is 0.757. The molecule has 0 unspecified atom stereocenters. The minimum absolute atomic E-state index is 0.140. The van der Waals surface area contributed by atoms with Gasteiger partial charge in [0.2, 0.25) is 0 Å². The standard InChI is InChI=1S/C16H20N2O2/c1-17-9-8-14(11-17)16(19)12-18(2)10-13-4-6-15(20-3)7-5-13/h4-9,11H,10,12H2,1-3H3. The van der Waals surface area contributed by atoms with E-state index < -0.39 is 0 Å². The minimum atomic E-state index is 0.140. The number of aromatic nitrogens is 1. The van der Waals surface area contributed by atoms with Gasteiger partial charge in [-0.3, -0.25) is 9.69 Å². The zero-order valence-corrected chi connectivity index (χ0v) is 12.2.